The molecular formula is C27H27N3O6S2. The Balaban J connectivity index is 1.55. The number of anilines is 1. The quantitative estimate of drug-likeness (QED) is 0.316. The van der Waals surface area contributed by atoms with Gasteiger partial charge < -0.3 is 9.47 Å². The summed E-state index contributed by atoms with van der Waals surface area (Å²) in [5, 5.41) is -0.0235. The second-order valence-corrected chi connectivity index (χ2v) is 12.0. The molecule has 0 saturated carbocycles. The van der Waals surface area contributed by atoms with Crippen LogP contribution in [0.2, 0.25) is 0 Å². The number of esters is 1. The molecule has 3 heterocycles. The first-order valence-electron chi connectivity index (χ1n) is 12.1. The predicted molar refractivity (Wildman–Crippen MR) is 142 cm³/mol. The maximum Gasteiger partial charge on any atom is 0.411 e. The highest BCUT2D eigenvalue weighted by molar-refractivity contribution is 8.00. The van der Waals surface area contributed by atoms with Crippen molar-refractivity contribution in [3.05, 3.63) is 84.6 Å². The van der Waals surface area contributed by atoms with Crippen molar-refractivity contribution in [3.63, 3.8) is 0 Å². The molecule has 198 valence electrons. The van der Waals surface area contributed by atoms with Crippen LogP contribution in [0.4, 0.5) is 10.5 Å². The van der Waals surface area contributed by atoms with Gasteiger partial charge in [0.2, 0.25) is 0 Å². The zero-order chi connectivity index (χ0) is 26.9. The molecule has 1 aromatic heterocycles. The molecule has 11 heteroatoms. The van der Waals surface area contributed by atoms with E-state index in [0.717, 1.165) is 5.56 Å². The van der Waals surface area contributed by atoms with Crippen molar-refractivity contribution < 1.29 is 27.5 Å². The minimum atomic E-state index is -4.03. The van der Waals surface area contributed by atoms with Crippen LogP contribution in [-0.2, 0) is 24.3 Å². The number of pyridine rings is 1. The zero-order valence-corrected chi connectivity index (χ0v) is 22.5. The Kier molecular flexibility index (Phi) is 7.31. The first-order valence-corrected chi connectivity index (χ1v) is 14.4. The lowest BCUT2D eigenvalue weighted by Gasteiger charge is -2.35. The second kappa shape index (κ2) is 10.7. The van der Waals surface area contributed by atoms with Gasteiger partial charge in [-0.3, -0.25) is 9.69 Å². The van der Waals surface area contributed by atoms with E-state index in [1.165, 1.54) is 47.3 Å². The van der Waals surface area contributed by atoms with Gasteiger partial charge in [-0.1, -0.05) is 54.2 Å². The molecule has 5 rings (SSSR count). The molecule has 0 radical (unpaired) electrons. The molecule has 1 fully saturated rings. The summed E-state index contributed by atoms with van der Waals surface area (Å²) in [4.78, 5) is 32.0. The van der Waals surface area contributed by atoms with E-state index in [1.54, 1.807) is 48.7 Å². The van der Waals surface area contributed by atoms with Crippen LogP contribution in [0.1, 0.15) is 24.3 Å². The summed E-state index contributed by atoms with van der Waals surface area (Å²) in [6, 6.07) is 20.4. The molecule has 0 N–H and O–H groups in total. The molecule has 2 aliphatic heterocycles. The Morgan fingerprint density at radius 1 is 1.00 bits per heavy atom. The Morgan fingerprint density at radius 2 is 1.71 bits per heavy atom. The molecule has 1 saturated heterocycles. The van der Waals surface area contributed by atoms with Crippen molar-refractivity contribution in [3.8, 4) is 0 Å². The molecule has 1 unspecified atom stereocenters. The fourth-order valence-corrected chi connectivity index (χ4v) is 8.10. The van der Waals surface area contributed by atoms with Gasteiger partial charge in [0, 0.05) is 18.2 Å². The van der Waals surface area contributed by atoms with Gasteiger partial charge in [0.15, 0.2) is 0 Å². The van der Waals surface area contributed by atoms with Gasteiger partial charge >= 0.3 is 12.1 Å². The minimum absolute atomic E-state index is 0.127. The number of methoxy groups -OCH3 is 2. The van der Waals surface area contributed by atoms with Crippen LogP contribution in [0.25, 0.3) is 0 Å². The normalized spacial score (nSPS) is 20.9. The van der Waals surface area contributed by atoms with Crippen molar-refractivity contribution in [2.45, 2.75) is 46.1 Å². The van der Waals surface area contributed by atoms with Crippen molar-refractivity contribution >= 4 is 39.5 Å². The summed E-state index contributed by atoms with van der Waals surface area (Å²) in [5.74, 6) is -0.747. The summed E-state index contributed by atoms with van der Waals surface area (Å²) in [5.41, 5.74) is 1.37. The summed E-state index contributed by atoms with van der Waals surface area (Å²) in [6.45, 7) is 0. The molecule has 9 nitrogen and oxygen atoms in total. The number of aromatic nitrogens is 1. The first kappa shape index (κ1) is 26.1. The number of fused-ring (bicyclic) bond motifs is 3. The molecule has 0 aliphatic carbocycles. The molecule has 38 heavy (non-hydrogen) atoms. The molecule has 0 spiro atoms. The second-order valence-electron chi connectivity index (χ2n) is 8.99. The smallest absolute Gasteiger partial charge is 0.411 e. The summed E-state index contributed by atoms with van der Waals surface area (Å²) >= 11 is 1.25. The van der Waals surface area contributed by atoms with Crippen molar-refractivity contribution in [1.29, 1.82) is 0 Å². The van der Waals surface area contributed by atoms with Gasteiger partial charge in [0.05, 0.1) is 29.8 Å². The number of carbonyl (C=O) groups excluding carboxylic acids is 2. The number of carbonyl (C=O) groups is 2. The van der Waals surface area contributed by atoms with Gasteiger partial charge in [0.1, 0.15) is 11.4 Å². The van der Waals surface area contributed by atoms with Crippen molar-refractivity contribution in [2.24, 2.45) is 0 Å². The fourth-order valence-electron chi connectivity index (χ4n) is 5.33. The van der Waals surface area contributed by atoms with E-state index >= 15 is 0 Å². The number of ether oxygens (including phenoxy) is 2. The number of benzene rings is 2. The average molecular weight is 554 g/mol. The molecule has 0 bridgehead atoms. The number of nitrogens with zero attached hydrogens (tertiary/aromatic N) is 3. The van der Waals surface area contributed by atoms with Crippen LogP contribution in [0.3, 0.4) is 0 Å². The number of para-hydroxylation sites is 1. The number of rotatable bonds is 7. The van der Waals surface area contributed by atoms with Crippen molar-refractivity contribution in [2.75, 3.05) is 18.5 Å². The maximum atomic E-state index is 14.0. The zero-order valence-electron chi connectivity index (χ0n) is 20.8. The van der Waals surface area contributed by atoms with Crippen LogP contribution in [0, 0.1) is 0 Å². The average Bonchev–Trinajstić information content (AvgIpc) is 3.47. The highest BCUT2D eigenvalue weighted by Crippen LogP contribution is 2.53. The Labute approximate surface area is 225 Å². The minimum Gasteiger partial charge on any atom is -0.468 e. The number of amides is 1. The van der Waals surface area contributed by atoms with Crippen LogP contribution in [0.5, 0.6) is 0 Å². The Bertz CT molecular complexity index is 1420. The van der Waals surface area contributed by atoms with Crippen LogP contribution < -0.4 is 4.31 Å². The Morgan fingerprint density at radius 3 is 2.39 bits per heavy atom. The molecular weight excluding hydrogens is 526 g/mol. The topological polar surface area (TPSA) is 106 Å². The highest BCUT2D eigenvalue weighted by atomic mass is 32.2. The fraction of sp³-hybridized carbons (Fsp3) is 0.296. The van der Waals surface area contributed by atoms with E-state index in [9.17, 15) is 18.0 Å². The van der Waals surface area contributed by atoms with Gasteiger partial charge in [-0.05, 0) is 48.7 Å². The largest absolute Gasteiger partial charge is 0.468 e. The third-order valence-corrected chi connectivity index (χ3v) is 9.87. The molecule has 1 amide bonds. The summed E-state index contributed by atoms with van der Waals surface area (Å²) < 4.78 is 39.5. The number of hydrogen-bond donors (Lipinski definition) is 0. The molecule has 4 atom stereocenters. The molecule has 2 aliphatic rings. The number of hydrogen-bond acceptors (Lipinski definition) is 8. The lowest BCUT2D eigenvalue weighted by Crippen LogP contribution is -2.52. The third kappa shape index (κ3) is 4.60. The van der Waals surface area contributed by atoms with Crippen LogP contribution >= 0.6 is 11.8 Å². The summed E-state index contributed by atoms with van der Waals surface area (Å²) in [7, 11) is -1.44. The first-order chi connectivity index (χ1) is 18.4. The third-order valence-electron chi connectivity index (χ3n) is 6.91. The Hall–Kier alpha value is -3.57. The van der Waals surface area contributed by atoms with E-state index in [4.69, 9.17) is 9.47 Å². The van der Waals surface area contributed by atoms with Gasteiger partial charge in [-0.2, -0.15) is 0 Å². The van der Waals surface area contributed by atoms with E-state index in [1.807, 2.05) is 18.2 Å². The van der Waals surface area contributed by atoms with E-state index in [0.29, 0.717) is 17.1 Å². The number of likely N-dealkylation sites (tertiary alicyclic amines) is 1. The van der Waals surface area contributed by atoms with E-state index in [2.05, 4.69) is 4.98 Å². The summed E-state index contributed by atoms with van der Waals surface area (Å²) in [6.07, 6.45) is 0.828. The van der Waals surface area contributed by atoms with E-state index < -0.39 is 39.5 Å². The van der Waals surface area contributed by atoms with Gasteiger partial charge in [-0.15, -0.1) is 0 Å². The lowest BCUT2D eigenvalue weighted by molar-refractivity contribution is -0.140. The van der Waals surface area contributed by atoms with Crippen LogP contribution in [0.15, 0.2) is 88.9 Å². The van der Waals surface area contributed by atoms with Crippen molar-refractivity contribution in [1.82, 2.24) is 9.88 Å². The highest BCUT2D eigenvalue weighted by Gasteiger charge is 2.56. The standard InChI is InChI=1S/C27H27N3O6S2/c1-35-26(31)23(37-24-14-8-9-15-28-24)17-18-16-21-20-12-6-7-13-22(20)30(25(21)29(18)27(32)36-2)38(33,34)19-10-4-3-5-11-19/h3-15,18,21,23,25H,16-17H2,1-2H3/t18-,21-,23?,25+/m1/s1. The van der Waals surface area contributed by atoms with Crippen LogP contribution in [-0.4, -0.2) is 62.0 Å². The monoisotopic (exact) mass is 553 g/mol. The predicted octanol–water partition coefficient (Wildman–Crippen LogP) is 4.26. The lowest BCUT2D eigenvalue weighted by atomic mass is 9.95. The molecule has 2 aromatic carbocycles. The van der Waals surface area contributed by atoms with Gasteiger partial charge in [0.25, 0.3) is 10.0 Å². The van der Waals surface area contributed by atoms with Gasteiger partial charge in [-0.25, -0.2) is 22.5 Å². The maximum absolute atomic E-state index is 14.0. The molecule has 3 aromatic rings. The SMILES string of the molecule is COC(=O)C(C[C@H]1C[C@@H]2c3ccccc3N(S(=O)(=O)c3ccccc3)[C@@H]2N1C(=O)OC)Sc1ccccn1. The number of thioether (sulfide) groups is 1. The van der Waals surface area contributed by atoms with E-state index in [-0.39, 0.29) is 17.2 Å². The number of sulfonamides is 1.